The molecule has 1 aliphatic heterocycles. The van der Waals surface area contributed by atoms with Crippen molar-refractivity contribution in [3.05, 3.63) is 71.3 Å². The van der Waals surface area contributed by atoms with E-state index >= 15 is 0 Å². The molecule has 32 heavy (non-hydrogen) atoms. The number of rotatable bonds is 2. The van der Waals surface area contributed by atoms with Gasteiger partial charge in [0.15, 0.2) is 5.78 Å². The van der Waals surface area contributed by atoms with E-state index < -0.39 is 0 Å². The van der Waals surface area contributed by atoms with Gasteiger partial charge in [-0.1, -0.05) is 17.7 Å². The number of imidazole rings is 1. The maximum Gasteiger partial charge on any atom is 0.219 e. The van der Waals surface area contributed by atoms with Crippen molar-refractivity contribution in [2.45, 2.75) is 39.8 Å². The molecular weight excluding hydrogens is 400 g/mol. The van der Waals surface area contributed by atoms with Gasteiger partial charge in [-0.05, 0) is 42.7 Å². The van der Waals surface area contributed by atoms with Crippen LogP contribution in [-0.2, 0) is 22.7 Å². The number of ketones is 1. The third-order valence-electron chi connectivity index (χ3n) is 6.79. The van der Waals surface area contributed by atoms with Crippen LogP contribution in [-0.4, -0.2) is 37.1 Å². The maximum absolute atomic E-state index is 13.1. The van der Waals surface area contributed by atoms with Crippen LogP contribution < -0.4 is 0 Å². The largest absolute Gasteiger partial charge is 0.345 e. The molecule has 4 heterocycles. The summed E-state index contributed by atoms with van der Waals surface area (Å²) in [6.45, 7) is 5.79. The Labute approximate surface area is 185 Å². The second-order valence-corrected chi connectivity index (χ2v) is 8.85. The number of Topliss-reactive ketones (excluding diaryl/α,β-unsaturated/α-hetero) is 1. The van der Waals surface area contributed by atoms with Gasteiger partial charge in [0.05, 0.1) is 17.4 Å². The lowest BCUT2D eigenvalue weighted by Crippen LogP contribution is -2.29. The fraction of sp³-hybridized carbons (Fsp3) is 0.269. The number of aryl methyl sites for hydroxylation is 1. The van der Waals surface area contributed by atoms with E-state index in [4.69, 9.17) is 0 Å². The lowest BCUT2D eigenvalue weighted by atomic mass is 9.97. The van der Waals surface area contributed by atoms with E-state index in [2.05, 4.69) is 34.8 Å². The van der Waals surface area contributed by atoms with Gasteiger partial charge in [-0.2, -0.15) is 0 Å². The quantitative estimate of drug-likeness (QED) is 0.484. The second-order valence-electron chi connectivity index (χ2n) is 8.85. The summed E-state index contributed by atoms with van der Waals surface area (Å²) in [5.74, 6) is 0.277. The second kappa shape index (κ2) is 6.92. The monoisotopic (exact) mass is 424 g/mol. The van der Waals surface area contributed by atoms with Gasteiger partial charge in [0.25, 0.3) is 0 Å². The summed E-state index contributed by atoms with van der Waals surface area (Å²) in [5.41, 5.74) is 8.23. The first-order valence-corrected chi connectivity index (χ1v) is 11.1. The van der Waals surface area contributed by atoms with Gasteiger partial charge >= 0.3 is 0 Å². The first-order valence-electron chi connectivity index (χ1n) is 11.1. The predicted molar refractivity (Wildman–Crippen MR) is 124 cm³/mol. The molecule has 160 valence electrons. The first kappa shape index (κ1) is 19.0. The molecule has 3 aromatic heterocycles. The lowest BCUT2D eigenvalue weighted by Gasteiger charge is -2.19. The van der Waals surface area contributed by atoms with Gasteiger partial charge in [0, 0.05) is 61.9 Å². The highest BCUT2D eigenvalue weighted by atomic mass is 16.2. The summed E-state index contributed by atoms with van der Waals surface area (Å²) < 4.78 is 4.27. The molecule has 0 spiro atoms. The van der Waals surface area contributed by atoms with Crippen molar-refractivity contribution >= 4 is 39.4 Å². The molecule has 0 N–H and O–H groups in total. The van der Waals surface area contributed by atoms with Gasteiger partial charge in [-0.3, -0.25) is 14.0 Å². The van der Waals surface area contributed by atoms with Crippen LogP contribution in [0, 0.1) is 6.92 Å². The number of carbonyl (C=O) groups is 2. The Balaban J connectivity index is 1.60. The Morgan fingerprint density at radius 3 is 2.84 bits per heavy atom. The predicted octanol–water partition coefficient (Wildman–Crippen LogP) is 4.23. The van der Waals surface area contributed by atoms with E-state index in [0.29, 0.717) is 19.5 Å². The van der Waals surface area contributed by atoms with Crippen molar-refractivity contribution in [3.63, 3.8) is 0 Å². The average molecular weight is 425 g/mol. The number of nitrogens with zero attached hydrogens (tertiary/aromatic N) is 4. The number of benzene rings is 1. The van der Waals surface area contributed by atoms with Gasteiger partial charge in [-0.25, -0.2) is 4.98 Å². The molecule has 2 aliphatic rings. The van der Waals surface area contributed by atoms with Crippen molar-refractivity contribution in [2.24, 2.45) is 0 Å². The molecule has 0 saturated carbocycles. The van der Waals surface area contributed by atoms with Crippen LogP contribution in [0.5, 0.6) is 0 Å². The third-order valence-corrected chi connectivity index (χ3v) is 6.79. The van der Waals surface area contributed by atoms with Crippen LogP contribution in [0.3, 0.4) is 0 Å². The zero-order chi connectivity index (χ0) is 22.0. The van der Waals surface area contributed by atoms with Crippen molar-refractivity contribution in [2.75, 3.05) is 6.54 Å². The van der Waals surface area contributed by atoms with Gasteiger partial charge in [0.2, 0.25) is 5.91 Å². The van der Waals surface area contributed by atoms with E-state index in [1.807, 2.05) is 39.9 Å². The van der Waals surface area contributed by atoms with E-state index in [9.17, 15) is 9.59 Å². The topological polar surface area (TPSA) is 59.6 Å². The molecule has 0 fully saturated rings. The Morgan fingerprint density at radius 1 is 1.12 bits per heavy atom. The summed E-state index contributed by atoms with van der Waals surface area (Å²) >= 11 is 0. The Hall–Kier alpha value is -3.67. The maximum atomic E-state index is 13.1. The van der Waals surface area contributed by atoms with Crippen molar-refractivity contribution in [3.8, 4) is 0 Å². The molecule has 1 amide bonds. The Bertz CT molecular complexity index is 1470. The molecular formula is C26H24N4O2. The molecule has 4 aromatic rings. The van der Waals surface area contributed by atoms with Crippen LogP contribution >= 0.6 is 0 Å². The number of carbonyl (C=O) groups excluding carboxylic acids is 2. The minimum Gasteiger partial charge on any atom is -0.345 e. The van der Waals surface area contributed by atoms with E-state index in [0.717, 1.165) is 46.6 Å². The number of fused-ring (bicyclic) bond motifs is 1. The molecule has 0 radical (unpaired) electrons. The van der Waals surface area contributed by atoms with Gasteiger partial charge < -0.3 is 9.47 Å². The van der Waals surface area contributed by atoms with Crippen LogP contribution in [0.15, 0.2) is 48.9 Å². The minimum atomic E-state index is 0.102. The van der Waals surface area contributed by atoms with Crippen LogP contribution in [0.1, 0.15) is 42.1 Å². The summed E-state index contributed by atoms with van der Waals surface area (Å²) in [6, 6.07) is 10.3. The normalized spacial score (nSPS) is 16.4. The molecule has 0 bridgehead atoms. The van der Waals surface area contributed by atoms with Gasteiger partial charge in [-0.15, -0.1) is 0 Å². The van der Waals surface area contributed by atoms with E-state index in [1.165, 1.54) is 16.5 Å². The van der Waals surface area contributed by atoms with Crippen LogP contribution in [0.2, 0.25) is 0 Å². The number of hydrogen-bond donors (Lipinski definition) is 0. The highest BCUT2D eigenvalue weighted by Gasteiger charge is 2.30. The SMILES string of the molecule is CC(=O)N1CCn2cc(C3=C(c4cnc5ccccn45)C(=O)CC3)c3cc(C)cc(c32)C1. The molecule has 1 aliphatic carbocycles. The van der Waals surface area contributed by atoms with Crippen LogP contribution in [0.25, 0.3) is 27.7 Å². The minimum absolute atomic E-state index is 0.102. The molecule has 1 aromatic carbocycles. The lowest BCUT2D eigenvalue weighted by molar-refractivity contribution is -0.129. The van der Waals surface area contributed by atoms with Gasteiger partial charge in [0.1, 0.15) is 5.65 Å². The molecule has 6 nitrogen and oxygen atoms in total. The van der Waals surface area contributed by atoms with Crippen molar-refractivity contribution in [1.29, 1.82) is 0 Å². The number of amides is 1. The number of allylic oxidation sites excluding steroid dienone is 2. The molecule has 0 atom stereocenters. The molecule has 6 rings (SSSR count). The Kier molecular flexibility index (Phi) is 4.12. The standard InChI is InChI=1S/C26H24N4O2/c1-16-11-18-14-28(17(2)31)9-10-29-15-21(20(12-16)26(18)29)19-6-7-23(32)25(19)22-13-27-24-5-3-4-8-30(22)24/h3-5,8,11-13,15H,6-7,9-10,14H2,1-2H3. The average Bonchev–Trinajstić information content (AvgIpc) is 3.41. The highest BCUT2D eigenvalue weighted by Crippen LogP contribution is 2.42. The van der Waals surface area contributed by atoms with Crippen LogP contribution in [0.4, 0.5) is 0 Å². The number of aromatic nitrogens is 3. The fourth-order valence-corrected chi connectivity index (χ4v) is 5.35. The van der Waals surface area contributed by atoms with Crippen molar-refractivity contribution < 1.29 is 9.59 Å². The highest BCUT2D eigenvalue weighted by molar-refractivity contribution is 6.31. The summed E-state index contributed by atoms with van der Waals surface area (Å²) in [4.78, 5) is 31.6. The fourth-order valence-electron chi connectivity index (χ4n) is 5.35. The molecule has 0 saturated heterocycles. The summed E-state index contributed by atoms with van der Waals surface area (Å²) in [6.07, 6.45) is 7.23. The third kappa shape index (κ3) is 2.75. The zero-order valence-electron chi connectivity index (χ0n) is 18.3. The molecule has 0 unspecified atom stereocenters. The van der Waals surface area contributed by atoms with E-state index in [-0.39, 0.29) is 11.7 Å². The number of pyridine rings is 1. The zero-order valence-corrected chi connectivity index (χ0v) is 18.3. The summed E-state index contributed by atoms with van der Waals surface area (Å²) in [7, 11) is 0. The smallest absolute Gasteiger partial charge is 0.219 e. The van der Waals surface area contributed by atoms with Crippen molar-refractivity contribution in [1.82, 2.24) is 18.9 Å². The van der Waals surface area contributed by atoms with E-state index in [1.54, 1.807) is 6.92 Å². The molecule has 6 heteroatoms. The summed E-state index contributed by atoms with van der Waals surface area (Å²) in [5, 5.41) is 1.17. The first-order chi connectivity index (χ1) is 15.5. The number of hydrogen-bond acceptors (Lipinski definition) is 3. The Morgan fingerprint density at radius 2 is 2.00 bits per heavy atom.